The van der Waals surface area contributed by atoms with Gasteiger partial charge in [0, 0.05) is 6.20 Å². The third kappa shape index (κ3) is 2.64. The average Bonchev–Trinajstić information content (AvgIpc) is 2.88. The maximum Gasteiger partial charge on any atom is 0.272 e. The van der Waals surface area contributed by atoms with Gasteiger partial charge in [0.05, 0.1) is 11.9 Å². The average molecular weight is 263 g/mol. The van der Waals surface area contributed by atoms with E-state index in [1.807, 2.05) is 0 Å². The number of oxime groups is 1. The summed E-state index contributed by atoms with van der Waals surface area (Å²) in [6.07, 6.45) is 6.12. The highest BCUT2D eigenvalue weighted by Crippen LogP contribution is 2.30. The van der Waals surface area contributed by atoms with Crippen molar-refractivity contribution in [2.75, 3.05) is 0 Å². The Balaban J connectivity index is 2.18. The van der Waals surface area contributed by atoms with Crippen LogP contribution in [0.5, 0.6) is 0 Å². The highest BCUT2D eigenvalue weighted by atomic mass is 16.4. The molecule has 1 aliphatic carbocycles. The van der Waals surface area contributed by atoms with Gasteiger partial charge in [0.1, 0.15) is 11.2 Å². The molecular formula is C12H17N5O2. The molecule has 0 unspecified atom stereocenters. The first-order chi connectivity index (χ1) is 9.07. The fraction of sp³-hybridized carbons (Fsp3) is 0.500. The van der Waals surface area contributed by atoms with Gasteiger partial charge in [-0.1, -0.05) is 18.0 Å². The predicted octanol–water partition coefficient (Wildman–Crippen LogP) is 0.574. The number of carbonyl (C=O) groups excluding carboxylic acids is 1. The minimum atomic E-state index is -0.765. The van der Waals surface area contributed by atoms with Crippen molar-refractivity contribution in [2.24, 2.45) is 10.9 Å². The topological polar surface area (TPSA) is 113 Å². The molecule has 2 rings (SSSR count). The highest BCUT2D eigenvalue weighted by Gasteiger charge is 2.40. The fourth-order valence-corrected chi connectivity index (χ4v) is 2.31. The Morgan fingerprint density at radius 3 is 2.63 bits per heavy atom. The summed E-state index contributed by atoms with van der Waals surface area (Å²) in [7, 11) is 0. The van der Waals surface area contributed by atoms with Gasteiger partial charge >= 0.3 is 0 Å². The van der Waals surface area contributed by atoms with Gasteiger partial charge in [-0.3, -0.25) is 9.78 Å². The highest BCUT2D eigenvalue weighted by molar-refractivity contribution is 5.99. The molecule has 0 radical (unpaired) electrons. The van der Waals surface area contributed by atoms with Crippen LogP contribution in [0.1, 0.15) is 41.9 Å². The Morgan fingerprint density at radius 1 is 1.42 bits per heavy atom. The summed E-state index contributed by atoms with van der Waals surface area (Å²) in [4.78, 5) is 20.2. The van der Waals surface area contributed by atoms with Crippen LogP contribution < -0.4 is 11.1 Å². The minimum Gasteiger partial charge on any atom is -0.409 e. The molecule has 0 aliphatic heterocycles. The Morgan fingerprint density at radius 2 is 2.11 bits per heavy atom. The lowest BCUT2D eigenvalue weighted by atomic mass is 9.96. The number of hydrogen-bond acceptors (Lipinski definition) is 5. The fourth-order valence-electron chi connectivity index (χ4n) is 2.31. The Hall–Kier alpha value is -2.18. The first-order valence-corrected chi connectivity index (χ1v) is 6.16. The zero-order valence-corrected chi connectivity index (χ0v) is 10.8. The molecule has 0 spiro atoms. The molecule has 1 fully saturated rings. The van der Waals surface area contributed by atoms with Gasteiger partial charge in [0.15, 0.2) is 5.84 Å². The lowest BCUT2D eigenvalue weighted by Gasteiger charge is -2.28. The molecule has 19 heavy (non-hydrogen) atoms. The van der Waals surface area contributed by atoms with Crippen LogP contribution in [-0.4, -0.2) is 32.5 Å². The van der Waals surface area contributed by atoms with E-state index in [1.54, 1.807) is 6.92 Å². The van der Waals surface area contributed by atoms with Crippen LogP contribution in [0.2, 0.25) is 0 Å². The third-order valence-electron chi connectivity index (χ3n) is 3.42. The van der Waals surface area contributed by atoms with E-state index in [4.69, 9.17) is 10.9 Å². The molecule has 1 aliphatic rings. The molecule has 0 bridgehead atoms. The quantitative estimate of drug-likeness (QED) is 0.319. The van der Waals surface area contributed by atoms with Crippen molar-refractivity contribution in [1.29, 1.82) is 0 Å². The number of aromatic nitrogens is 2. The number of nitrogens with two attached hydrogens (primary N) is 1. The number of amidine groups is 1. The molecular weight excluding hydrogens is 246 g/mol. The van der Waals surface area contributed by atoms with E-state index in [9.17, 15) is 4.79 Å². The number of nitrogens with zero attached hydrogens (tertiary/aromatic N) is 3. The monoisotopic (exact) mass is 263 g/mol. The van der Waals surface area contributed by atoms with Gasteiger partial charge in [0.2, 0.25) is 0 Å². The van der Waals surface area contributed by atoms with E-state index in [0.717, 1.165) is 18.5 Å². The molecule has 1 saturated carbocycles. The van der Waals surface area contributed by atoms with Crippen LogP contribution in [0.25, 0.3) is 0 Å². The number of nitrogens with one attached hydrogen (secondary N) is 1. The maximum atomic E-state index is 12.1. The normalized spacial score (nSPS) is 18.3. The summed E-state index contributed by atoms with van der Waals surface area (Å²) in [5, 5.41) is 14.7. The zero-order valence-electron chi connectivity index (χ0n) is 10.8. The van der Waals surface area contributed by atoms with Gasteiger partial charge in [-0.15, -0.1) is 0 Å². The predicted molar refractivity (Wildman–Crippen MR) is 68.8 cm³/mol. The van der Waals surface area contributed by atoms with E-state index in [-0.39, 0.29) is 17.4 Å². The lowest BCUT2D eigenvalue weighted by molar-refractivity contribution is 0.0917. The number of rotatable bonds is 3. The number of carbonyl (C=O) groups is 1. The van der Waals surface area contributed by atoms with Crippen molar-refractivity contribution >= 4 is 11.7 Å². The minimum absolute atomic E-state index is 0.0402. The third-order valence-corrected chi connectivity index (χ3v) is 3.42. The number of amides is 1. The first kappa shape index (κ1) is 13.3. The molecule has 102 valence electrons. The lowest BCUT2D eigenvalue weighted by Crippen LogP contribution is -2.55. The van der Waals surface area contributed by atoms with Gasteiger partial charge in [0.25, 0.3) is 5.91 Å². The van der Waals surface area contributed by atoms with Crippen molar-refractivity contribution in [3.05, 3.63) is 23.8 Å². The van der Waals surface area contributed by atoms with Crippen molar-refractivity contribution in [3.63, 3.8) is 0 Å². The summed E-state index contributed by atoms with van der Waals surface area (Å²) in [6, 6.07) is 0. The molecule has 0 saturated heterocycles. The molecule has 0 aromatic carbocycles. The molecule has 1 amide bonds. The second-order valence-corrected chi connectivity index (χ2v) is 4.77. The zero-order chi connectivity index (χ0) is 13.9. The number of aryl methyl sites for hydroxylation is 1. The second kappa shape index (κ2) is 5.21. The molecule has 7 nitrogen and oxygen atoms in total. The maximum absolute atomic E-state index is 12.1. The Bertz CT molecular complexity index is 491. The standard InChI is InChI=1S/C12H17N5O2/c1-8-6-15-9(7-14-8)10(18)16-12(11(13)17-19)4-2-3-5-12/h6-7,19H,2-5H2,1H3,(H2,13,17)(H,16,18). The first-order valence-electron chi connectivity index (χ1n) is 6.16. The van der Waals surface area contributed by atoms with E-state index in [2.05, 4.69) is 20.4 Å². The van der Waals surface area contributed by atoms with Crippen LogP contribution in [-0.2, 0) is 0 Å². The smallest absolute Gasteiger partial charge is 0.272 e. The summed E-state index contributed by atoms with van der Waals surface area (Å²) in [5.74, 6) is -0.320. The molecule has 7 heteroatoms. The molecule has 1 heterocycles. The van der Waals surface area contributed by atoms with Crippen LogP contribution in [0, 0.1) is 6.92 Å². The van der Waals surface area contributed by atoms with Gasteiger partial charge in [-0.2, -0.15) is 0 Å². The van der Waals surface area contributed by atoms with Crippen molar-refractivity contribution in [3.8, 4) is 0 Å². The van der Waals surface area contributed by atoms with E-state index in [0.29, 0.717) is 12.8 Å². The number of hydrogen-bond donors (Lipinski definition) is 3. The van der Waals surface area contributed by atoms with Crippen LogP contribution in [0.3, 0.4) is 0 Å². The van der Waals surface area contributed by atoms with Gasteiger partial charge in [-0.05, 0) is 19.8 Å². The van der Waals surface area contributed by atoms with E-state index >= 15 is 0 Å². The van der Waals surface area contributed by atoms with Crippen molar-refractivity contribution < 1.29 is 10.0 Å². The summed E-state index contributed by atoms with van der Waals surface area (Å²) >= 11 is 0. The van der Waals surface area contributed by atoms with Crippen molar-refractivity contribution in [1.82, 2.24) is 15.3 Å². The molecule has 4 N–H and O–H groups in total. The van der Waals surface area contributed by atoms with Crippen LogP contribution in [0.4, 0.5) is 0 Å². The van der Waals surface area contributed by atoms with E-state index in [1.165, 1.54) is 12.4 Å². The Labute approximate surface area is 110 Å². The van der Waals surface area contributed by atoms with E-state index < -0.39 is 5.54 Å². The summed E-state index contributed by atoms with van der Waals surface area (Å²) in [6.45, 7) is 1.80. The summed E-state index contributed by atoms with van der Waals surface area (Å²) < 4.78 is 0. The van der Waals surface area contributed by atoms with Crippen molar-refractivity contribution in [2.45, 2.75) is 38.1 Å². The van der Waals surface area contributed by atoms with Gasteiger partial charge in [-0.25, -0.2) is 4.98 Å². The molecule has 1 aromatic rings. The second-order valence-electron chi connectivity index (χ2n) is 4.77. The largest absolute Gasteiger partial charge is 0.409 e. The SMILES string of the molecule is Cc1cnc(C(=O)NC2(C(N)=NO)CCCC2)cn1. The van der Waals surface area contributed by atoms with Crippen LogP contribution >= 0.6 is 0 Å². The molecule has 0 atom stereocenters. The molecule has 1 aromatic heterocycles. The Kier molecular flexibility index (Phi) is 3.64. The summed E-state index contributed by atoms with van der Waals surface area (Å²) in [5.41, 5.74) is 5.91. The van der Waals surface area contributed by atoms with Crippen LogP contribution in [0.15, 0.2) is 17.5 Å². The van der Waals surface area contributed by atoms with Gasteiger partial charge < -0.3 is 16.3 Å².